The van der Waals surface area contributed by atoms with Gasteiger partial charge in [0.25, 0.3) is 0 Å². The third-order valence-corrected chi connectivity index (χ3v) is 16.7. The van der Waals surface area contributed by atoms with Crippen LogP contribution in [0.2, 0.25) is 13.1 Å². The Morgan fingerprint density at radius 3 is 2.15 bits per heavy atom. The number of para-hydroxylation sites is 3. The molecule has 0 aromatic heterocycles. The molecule has 0 amide bonds. The Kier molecular flexibility index (Phi) is 6.00. The molecule has 0 bridgehead atoms. The van der Waals surface area contributed by atoms with Crippen molar-refractivity contribution in [1.29, 1.82) is 0 Å². The molecule has 0 aliphatic carbocycles. The number of anilines is 2. The second kappa shape index (κ2) is 9.71. The number of fused-ring (bicyclic) bond motifs is 5. The number of hydrogen-bond acceptors (Lipinski definition) is 4. The van der Waals surface area contributed by atoms with Crippen LogP contribution in [-0.2, 0) is 5.41 Å². The number of thioether (sulfide) groups is 1. The van der Waals surface area contributed by atoms with Crippen molar-refractivity contribution in [1.82, 2.24) is 0 Å². The zero-order valence-electron chi connectivity index (χ0n) is 28.1. The molecule has 0 unspecified atom stereocenters. The first kappa shape index (κ1) is 29.0. The van der Waals surface area contributed by atoms with Crippen LogP contribution in [0.1, 0.15) is 44.4 Å². The van der Waals surface area contributed by atoms with Gasteiger partial charge >= 0.3 is 0 Å². The summed E-state index contributed by atoms with van der Waals surface area (Å²) in [5.74, 6) is 3.13. The van der Waals surface area contributed by atoms with Gasteiger partial charge in [0.15, 0.2) is 11.5 Å². The van der Waals surface area contributed by atoms with Gasteiger partial charge in [-0.2, -0.15) is 0 Å². The van der Waals surface area contributed by atoms with E-state index in [0.717, 1.165) is 27.9 Å². The maximum atomic E-state index is 6.95. The molecule has 0 fully saturated rings. The number of ether oxygens (including phenoxy) is 2. The quantitative estimate of drug-likeness (QED) is 0.181. The molecule has 0 N–H and O–H groups in total. The van der Waals surface area contributed by atoms with E-state index in [1.165, 1.54) is 49.1 Å². The summed E-state index contributed by atoms with van der Waals surface area (Å²) in [6.45, 7) is 17.1. The van der Waals surface area contributed by atoms with Gasteiger partial charge < -0.3 is 14.4 Å². The van der Waals surface area contributed by atoms with Crippen LogP contribution in [-0.4, -0.2) is 20.3 Å². The summed E-state index contributed by atoms with van der Waals surface area (Å²) < 4.78 is 13.8. The highest BCUT2D eigenvalue weighted by Crippen LogP contribution is 2.61. The van der Waals surface area contributed by atoms with Gasteiger partial charge in [-0.1, -0.05) is 122 Å². The average molecular weight is 648 g/mol. The normalized spacial score (nSPS) is 18.4. The molecule has 47 heavy (non-hydrogen) atoms. The molecule has 3 nitrogen and oxygen atoms in total. The van der Waals surface area contributed by atoms with E-state index < -0.39 is 8.07 Å². The minimum Gasteiger partial charge on any atom is -0.453 e. The van der Waals surface area contributed by atoms with Crippen molar-refractivity contribution in [2.75, 3.05) is 4.90 Å². The first-order chi connectivity index (χ1) is 22.5. The lowest BCUT2D eigenvalue weighted by Crippen LogP contribution is -2.61. The zero-order chi connectivity index (χ0) is 32.5. The van der Waals surface area contributed by atoms with Crippen LogP contribution in [0.25, 0.3) is 4.91 Å². The molecule has 6 heteroatoms. The predicted octanol–water partition coefficient (Wildman–Crippen LogP) is 9.23. The van der Waals surface area contributed by atoms with Crippen LogP contribution in [0.5, 0.6) is 23.0 Å². The number of rotatable bonds is 4. The molecule has 4 heterocycles. The molecule has 9 rings (SSSR count). The van der Waals surface area contributed by atoms with Gasteiger partial charge in [-0.25, -0.2) is 0 Å². The van der Waals surface area contributed by atoms with Crippen molar-refractivity contribution in [2.45, 2.75) is 63.6 Å². The van der Waals surface area contributed by atoms with Crippen LogP contribution < -0.4 is 30.5 Å². The lowest BCUT2D eigenvalue weighted by atomic mass is 9.38. The van der Waals surface area contributed by atoms with Gasteiger partial charge in [0, 0.05) is 33.3 Å². The molecule has 0 atom stereocenters. The Labute approximate surface area is 283 Å². The zero-order valence-corrected chi connectivity index (χ0v) is 29.9. The molecule has 0 saturated carbocycles. The Balaban J connectivity index is 1.40. The molecule has 0 radical (unpaired) electrons. The minimum atomic E-state index is -2.04. The van der Waals surface area contributed by atoms with E-state index in [9.17, 15) is 0 Å². The summed E-state index contributed by atoms with van der Waals surface area (Å²) in [5, 5.41) is 3.17. The Bertz CT molecular complexity index is 2170. The van der Waals surface area contributed by atoms with Gasteiger partial charge in [-0.05, 0) is 72.3 Å². The van der Waals surface area contributed by atoms with E-state index in [2.05, 4.69) is 95.1 Å². The highest BCUT2D eigenvalue weighted by atomic mass is 32.2. The summed E-state index contributed by atoms with van der Waals surface area (Å²) in [4.78, 5) is 5.22. The SMILES string of the molecule is Cc1ccc2c(c1)C1=C(B3c4cccc5c4N(c4cc(Oc6ccccc6)c(Oc6ccccc6)c(c43)S1)C(C)(C)C5(C)C)[Si]2(C)C. The smallest absolute Gasteiger partial charge is 0.241 e. The summed E-state index contributed by atoms with van der Waals surface area (Å²) in [6, 6.07) is 36.8. The van der Waals surface area contributed by atoms with Crippen LogP contribution >= 0.6 is 11.8 Å². The molecule has 0 saturated heterocycles. The third kappa shape index (κ3) is 3.83. The van der Waals surface area contributed by atoms with Gasteiger partial charge in [-0.3, -0.25) is 0 Å². The van der Waals surface area contributed by atoms with Crippen molar-refractivity contribution in [3.8, 4) is 23.0 Å². The number of nitrogens with zero attached hydrogens (tertiary/aromatic N) is 1. The summed E-state index contributed by atoms with van der Waals surface area (Å²) in [7, 11) is -2.04. The van der Waals surface area contributed by atoms with E-state index in [4.69, 9.17) is 9.47 Å². The molecular formula is C41H38BNO2SSi. The second-order valence-electron chi connectivity index (χ2n) is 15.0. The number of hydrogen-bond donors (Lipinski definition) is 0. The third-order valence-electron chi connectivity index (χ3n) is 11.5. The van der Waals surface area contributed by atoms with Crippen molar-refractivity contribution in [3.63, 3.8) is 0 Å². The first-order valence-corrected chi connectivity index (χ1v) is 20.5. The fourth-order valence-electron chi connectivity index (χ4n) is 8.56. The van der Waals surface area contributed by atoms with Crippen molar-refractivity contribution >= 4 is 58.9 Å². The monoisotopic (exact) mass is 647 g/mol. The van der Waals surface area contributed by atoms with Crippen molar-refractivity contribution < 1.29 is 9.47 Å². The second-order valence-corrected chi connectivity index (χ2v) is 20.4. The van der Waals surface area contributed by atoms with Crippen LogP contribution in [0.3, 0.4) is 0 Å². The van der Waals surface area contributed by atoms with Gasteiger partial charge in [-0.15, -0.1) is 0 Å². The van der Waals surface area contributed by atoms with Crippen molar-refractivity contribution in [3.05, 3.63) is 125 Å². The lowest BCUT2D eigenvalue weighted by Gasteiger charge is -2.47. The first-order valence-electron chi connectivity index (χ1n) is 16.6. The van der Waals surface area contributed by atoms with Crippen LogP contribution in [0.15, 0.2) is 113 Å². The minimum absolute atomic E-state index is 0.0779. The maximum absolute atomic E-state index is 6.95. The Hall–Kier alpha value is -4.13. The highest BCUT2D eigenvalue weighted by molar-refractivity contribution is 8.09. The fourth-order valence-corrected chi connectivity index (χ4v) is 14.2. The van der Waals surface area contributed by atoms with Crippen LogP contribution in [0, 0.1) is 6.92 Å². The van der Waals surface area contributed by atoms with Crippen LogP contribution in [0.4, 0.5) is 11.4 Å². The average Bonchev–Trinajstić information content (AvgIpc) is 3.37. The largest absolute Gasteiger partial charge is 0.453 e. The van der Waals surface area contributed by atoms with E-state index in [1.807, 2.05) is 72.4 Å². The topological polar surface area (TPSA) is 21.7 Å². The summed E-state index contributed by atoms with van der Waals surface area (Å²) >= 11 is 1.91. The van der Waals surface area contributed by atoms with E-state index >= 15 is 0 Å². The molecule has 5 aromatic carbocycles. The summed E-state index contributed by atoms with van der Waals surface area (Å²) in [5.41, 5.74) is 9.28. The molecule has 4 aliphatic heterocycles. The molecule has 232 valence electrons. The van der Waals surface area contributed by atoms with Gasteiger partial charge in [0.05, 0.1) is 4.90 Å². The number of aryl methyl sites for hydroxylation is 1. The van der Waals surface area contributed by atoms with E-state index in [1.54, 1.807) is 5.10 Å². The molecule has 4 aliphatic rings. The Morgan fingerprint density at radius 1 is 0.766 bits per heavy atom. The fraction of sp³-hybridized carbons (Fsp3) is 0.220. The molecular weight excluding hydrogens is 609 g/mol. The standard InChI is InChI=1S/C41H38BNO2SSi/c1-25-21-22-33-28(23-25)37-39(47(33,6)7)42-30-20-14-19-29-35(30)43(41(4,5)40(29,2)3)31-24-32(44-26-15-10-8-11-16-26)36(38(46-37)34(31)42)45-27-17-12-9-13-18-27/h8-24H,1-7H3. The molecule has 5 aromatic rings. The summed E-state index contributed by atoms with van der Waals surface area (Å²) in [6.07, 6.45) is 0. The highest BCUT2D eigenvalue weighted by Gasteiger charge is 2.59. The van der Waals surface area contributed by atoms with Crippen molar-refractivity contribution in [2.24, 2.45) is 0 Å². The predicted molar refractivity (Wildman–Crippen MR) is 201 cm³/mol. The van der Waals surface area contributed by atoms with E-state index in [0.29, 0.717) is 0 Å². The Morgan fingerprint density at radius 2 is 1.45 bits per heavy atom. The maximum Gasteiger partial charge on any atom is 0.241 e. The molecule has 0 spiro atoms. The number of benzene rings is 5. The van der Waals surface area contributed by atoms with E-state index in [-0.39, 0.29) is 17.7 Å². The van der Waals surface area contributed by atoms with Gasteiger partial charge in [0.1, 0.15) is 19.6 Å². The lowest BCUT2D eigenvalue weighted by molar-refractivity contribution is 0.330. The van der Waals surface area contributed by atoms with Gasteiger partial charge in [0.2, 0.25) is 6.71 Å².